The molecule has 4 heteroatoms. The number of nitrogens with two attached hydrogens (primary N) is 1. The molecule has 0 spiro atoms. The third-order valence-corrected chi connectivity index (χ3v) is 0. The molecule has 0 aliphatic carbocycles. The van der Waals surface area contributed by atoms with Crippen LogP contribution < -0.4 is 24.6 Å². The van der Waals surface area contributed by atoms with E-state index in [4.69, 9.17) is 4.79 Å². The van der Waals surface area contributed by atoms with Gasteiger partial charge in [-0.2, -0.15) is 0 Å². The molecule has 0 unspecified atom stereocenters. The van der Waals surface area contributed by atoms with E-state index >= 15 is 0 Å². The first kappa shape index (κ1) is 8.99. The molecule has 0 aromatic heterocycles. The molecular formula is CH2LiNOS. The quantitative estimate of drug-likeness (QED) is 0.245. The third kappa shape index (κ3) is 272. The second kappa shape index (κ2) is 4.29. The normalized spacial score (nSPS) is 4.80. The van der Waals surface area contributed by atoms with E-state index in [0.717, 1.165) is 0 Å². The van der Waals surface area contributed by atoms with Crippen molar-refractivity contribution in [3.63, 3.8) is 0 Å². The van der Waals surface area contributed by atoms with Gasteiger partial charge in [-0.15, -0.1) is 0 Å². The smallest absolute Gasteiger partial charge is 0.719 e. The second-order valence-corrected chi connectivity index (χ2v) is 0.721. The molecule has 0 atom stereocenters. The molecule has 0 aromatic carbocycles. The number of hydrogen-bond donors (Lipinski definition) is 1. The van der Waals surface area contributed by atoms with E-state index in [2.05, 4.69) is 18.4 Å². The molecule has 0 saturated heterocycles. The Kier molecular flexibility index (Phi) is 7.71. The van der Waals surface area contributed by atoms with Crippen molar-refractivity contribution in [2.75, 3.05) is 0 Å². The number of rotatable bonds is 0. The van der Waals surface area contributed by atoms with E-state index in [1.54, 1.807) is 0 Å². The van der Waals surface area contributed by atoms with Crippen LogP contribution in [0.4, 0.5) is 4.79 Å². The molecule has 0 radical (unpaired) electrons. The molecule has 0 fully saturated rings. The van der Waals surface area contributed by atoms with Crippen LogP contribution in [-0.2, 0) is 12.6 Å². The molecule has 2 N–H and O–H groups in total. The Morgan fingerprint density at radius 2 is 1.80 bits per heavy atom. The summed E-state index contributed by atoms with van der Waals surface area (Å²) in [6.07, 6.45) is 0. The summed E-state index contributed by atoms with van der Waals surface area (Å²) in [5, 5.41) is -0.750. The predicted molar refractivity (Wildman–Crippen MR) is 16.9 cm³/mol. The molecule has 0 aliphatic heterocycles. The maximum atomic E-state index is 9.04. The maximum absolute atomic E-state index is 9.04. The largest absolute Gasteiger partial charge is 1.00 e. The van der Waals surface area contributed by atoms with Gasteiger partial charge in [0.25, 0.3) is 0 Å². The van der Waals surface area contributed by atoms with Gasteiger partial charge in [0.1, 0.15) is 0 Å². The molecular weight excluding hydrogens is 81.0 g/mol. The van der Waals surface area contributed by atoms with Crippen LogP contribution >= 0.6 is 0 Å². The van der Waals surface area contributed by atoms with Crippen LogP contribution in [-0.4, -0.2) is 5.24 Å². The number of hydrogen-bond acceptors (Lipinski definition) is 2. The van der Waals surface area contributed by atoms with Crippen molar-refractivity contribution in [3.05, 3.63) is 0 Å². The van der Waals surface area contributed by atoms with Gasteiger partial charge in [-0.1, -0.05) is 0 Å². The third-order valence-electron chi connectivity index (χ3n) is 0. The van der Waals surface area contributed by atoms with Crippen molar-refractivity contribution in [3.8, 4) is 0 Å². The number of carbonyl (C=O) groups is 1. The predicted octanol–water partition coefficient (Wildman–Crippen LogP) is -3.38. The summed E-state index contributed by atoms with van der Waals surface area (Å²) in [5.41, 5.74) is 4.29. The summed E-state index contributed by atoms with van der Waals surface area (Å²) < 4.78 is 0. The fraction of sp³-hybridized carbons (Fsp3) is 0. The first-order valence-corrected chi connectivity index (χ1v) is 1.11. The van der Waals surface area contributed by atoms with Gasteiger partial charge in [0.2, 0.25) is 0 Å². The van der Waals surface area contributed by atoms with E-state index in [0.29, 0.717) is 0 Å². The van der Waals surface area contributed by atoms with Gasteiger partial charge in [-0.05, 0) is 0 Å². The second-order valence-electron chi connectivity index (χ2n) is 0.319. The molecule has 2 nitrogen and oxygen atoms in total. The Balaban J connectivity index is 0. The van der Waals surface area contributed by atoms with Gasteiger partial charge < -0.3 is 23.2 Å². The van der Waals surface area contributed by atoms with Crippen LogP contribution in [0, 0.1) is 0 Å². The molecule has 0 aromatic rings. The zero-order valence-corrected chi connectivity index (χ0v) is 3.71. The minimum atomic E-state index is -0.750. The summed E-state index contributed by atoms with van der Waals surface area (Å²) in [7, 11) is 0. The zero-order valence-electron chi connectivity index (χ0n) is 2.89. The van der Waals surface area contributed by atoms with Crippen molar-refractivity contribution in [2.45, 2.75) is 0 Å². The topological polar surface area (TPSA) is 43.1 Å². The standard InChI is InChI=1S/CH3NOS.Li/c2-1(3)4;/h(H3,2,3,4);/q;+1/p-1. The van der Waals surface area contributed by atoms with E-state index < -0.39 is 5.24 Å². The van der Waals surface area contributed by atoms with Crippen molar-refractivity contribution >= 4 is 17.9 Å². The van der Waals surface area contributed by atoms with Gasteiger partial charge >= 0.3 is 18.9 Å². The summed E-state index contributed by atoms with van der Waals surface area (Å²) in [6, 6.07) is 0. The van der Waals surface area contributed by atoms with Crippen LogP contribution in [0.25, 0.3) is 0 Å². The molecule has 0 saturated carbocycles. The first-order chi connectivity index (χ1) is 1.73. The van der Waals surface area contributed by atoms with Gasteiger partial charge in [0.05, 0.1) is 5.24 Å². The number of carbonyl (C=O) groups excluding carboxylic acids is 1. The van der Waals surface area contributed by atoms with E-state index in [1.165, 1.54) is 0 Å². The van der Waals surface area contributed by atoms with Crippen molar-refractivity contribution < 1.29 is 23.7 Å². The minimum absolute atomic E-state index is 0. The molecule has 0 rings (SSSR count). The van der Waals surface area contributed by atoms with Crippen LogP contribution in [0.2, 0.25) is 0 Å². The summed E-state index contributed by atoms with van der Waals surface area (Å²) >= 11 is 3.76. The van der Waals surface area contributed by atoms with Crippen LogP contribution in [0.15, 0.2) is 0 Å². The Morgan fingerprint density at radius 3 is 1.80 bits per heavy atom. The summed E-state index contributed by atoms with van der Waals surface area (Å²) in [6.45, 7) is 0. The van der Waals surface area contributed by atoms with Gasteiger partial charge in [-0.25, -0.2) is 0 Å². The maximum Gasteiger partial charge on any atom is 1.00 e. The monoisotopic (exact) mass is 83.0 g/mol. The van der Waals surface area contributed by atoms with Crippen LogP contribution in [0.1, 0.15) is 0 Å². The van der Waals surface area contributed by atoms with Crippen LogP contribution in [0.5, 0.6) is 0 Å². The number of amides is 1. The van der Waals surface area contributed by atoms with Crippen LogP contribution in [0.3, 0.4) is 0 Å². The van der Waals surface area contributed by atoms with Crippen molar-refractivity contribution in [2.24, 2.45) is 5.73 Å². The van der Waals surface area contributed by atoms with Crippen molar-refractivity contribution in [1.29, 1.82) is 0 Å². The Hall–Kier alpha value is 0.287. The minimum Gasteiger partial charge on any atom is -0.719 e. The van der Waals surface area contributed by atoms with E-state index in [1.807, 2.05) is 0 Å². The van der Waals surface area contributed by atoms with Gasteiger partial charge in [0, 0.05) is 0 Å². The average Bonchev–Trinajstić information content (AvgIpc) is 0.811. The molecule has 5 heavy (non-hydrogen) atoms. The Morgan fingerprint density at radius 1 is 1.80 bits per heavy atom. The van der Waals surface area contributed by atoms with E-state index in [9.17, 15) is 0 Å². The Bertz CT molecular complexity index is 34.6. The van der Waals surface area contributed by atoms with E-state index in [-0.39, 0.29) is 18.9 Å². The fourth-order valence-electron chi connectivity index (χ4n) is 0. The van der Waals surface area contributed by atoms with Gasteiger partial charge in [-0.3, -0.25) is 0 Å². The molecule has 0 aliphatic rings. The SMILES string of the molecule is NC(=O)[S-].[Li+]. The Labute approximate surface area is 47.7 Å². The first-order valence-electron chi connectivity index (χ1n) is 0.697. The number of primary amides is 1. The zero-order chi connectivity index (χ0) is 3.58. The molecule has 0 heterocycles. The molecule has 0 bridgehead atoms. The molecule has 1 amide bonds. The van der Waals surface area contributed by atoms with Crippen molar-refractivity contribution in [1.82, 2.24) is 0 Å². The van der Waals surface area contributed by atoms with Gasteiger partial charge in [0.15, 0.2) is 0 Å². The average molecular weight is 83.0 g/mol. The summed E-state index contributed by atoms with van der Waals surface area (Å²) in [5.74, 6) is 0. The fourth-order valence-corrected chi connectivity index (χ4v) is 0. The summed E-state index contributed by atoms with van der Waals surface area (Å²) in [4.78, 5) is 9.04. The molecule has 24 valence electrons.